The summed E-state index contributed by atoms with van der Waals surface area (Å²) in [6, 6.07) is 17.2. The van der Waals surface area contributed by atoms with E-state index in [-0.39, 0.29) is 6.03 Å². The van der Waals surface area contributed by atoms with Crippen molar-refractivity contribution < 1.29 is 9.53 Å². The van der Waals surface area contributed by atoms with E-state index < -0.39 is 0 Å². The predicted octanol–water partition coefficient (Wildman–Crippen LogP) is 4.97. The van der Waals surface area contributed by atoms with Gasteiger partial charge in [0.2, 0.25) is 0 Å². The molecule has 1 saturated heterocycles. The summed E-state index contributed by atoms with van der Waals surface area (Å²) in [5, 5.41) is 14.6. The number of hydrogen-bond acceptors (Lipinski definition) is 4. The van der Waals surface area contributed by atoms with Crippen LogP contribution in [0.15, 0.2) is 48.5 Å². The number of rotatable bonds is 10. The Morgan fingerprint density at radius 1 is 1.19 bits per heavy atom. The molecule has 2 N–H and O–H groups in total. The number of amides is 2. The first-order valence-electron chi connectivity index (χ1n) is 11.6. The molecule has 1 heterocycles. The molecule has 0 saturated carbocycles. The van der Waals surface area contributed by atoms with Crippen LogP contribution in [0.2, 0.25) is 0 Å². The SMILES string of the molecule is CC1CCCN(CCCCNC(=O)Nc2cccc(COc3ccc(CC#N)cc3)c2)C1. The van der Waals surface area contributed by atoms with Crippen molar-refractivity contribution in [3.63, 3.8) is 0 Å². The van der Waals surface area contributed by atoms with Crippen molar-refractivity contribution in [1.82, 2.24) is 10.2 Å². The molecule has 1 fully saturated rings. The maximum Gasteiger partial charge on any atom is 0.319 e. The highest BCUT2D eigenvalue weighted by molar-refractivity contribution is 5.89. The molecule has 0 aliphatic carbocycles. The first-order chi connectivity index (χ1) is 15.6. The molecule has 0 aromatic heterocycles. The van der Waals surface area contributed by atoms with Gasteiger partial charge in [-0.05, 0) is 80.1 Å². The number of nitriles is 1. The maximum atomic E-state index is 12.2. The van der Waals surface area contributed by atoms with E-state index in [9.17, 15) is 4.79 Å². The van der Waals surface area contributed by atoms with E-state index in [1.165, 1.54) is 25.9 Å². The summed E-state index contributed by atoms with van der Waals surface area (Å²) >= 11 is 0. The van der Waals surface area contributed by atoms with Crippen LogP contribution in [0.1, 0.15) is 43.7 Å². The van der Waals surface area contributed by atoms with Gasteiger partial charge in [-0.1, -0.05) is 31.2 Å². The zero-order valence-corrected chi connectivity index (χ0v) is 19.0. The molecule has 2 aromatic carbocycles. The number of nitrogens with zero attached hydrogens (tertiary/aromatic N) is 2. The number of carbonyl (C=O) groups is 1. The van der Waals surface area contributed by atoms with Crippen LogP contribution < -0.4 is 15.4 Å². The lowest BCUT2D eigenvalue weighted by atomic mass is 10.0. The van der Waals surface area contributed by atoms with Gasteiger partial charge in [0.1, 0.15) is 12.4 Å². The summed E-state index contributed by atoms with van der Waals surface area (Å²) in [4.78, 5) is 14.8. The van der Waals surface area contributed by atoms with Gasteiger partial charge in [0.05, 0.1) is 12.5 Å². The second-order valence-electron chi connectivity index (χ2n) is 8.60. The minimum Gasteiger partial charge on any atom is -0.489 e. The molecule has 1 aliphatic heterocycles. The first-order valence-corrected chi connectivity index (χ1v) is 11.6. The largest absolute Gasteiger partial charge is 0.489 e. The van der Waals surface area contributed by atoms with Gasteiger partial charge < -0.3 is 20.3 Å². The Hall–Kier alpha value is -3.04. The van der Waals surface area contributed by atoms with Crippen molar-refractivity contribution in [2.45, 2.75) is 45.6 Å². The number of urea groups is 1. The predicted molar refractivity (Wildman–Crippen MR) is 128 cm³/mol. The Morgan fingerprint density at radius 2 is 2.03 bits per heavy atom. The van der Waals surface area contributed by atoms with Gasteiger partial charge in [0.25, 0.3) is 0 Å². The maximum absolute atomic E-state index is 12.2. The van der Waals surface area contributed by atoms with Gasteiger partial charge in [-0.15, -0.1) is 0 Å². The second-order valence-corrected chi connectivity index (χ2v) is 8.60. The lowest BCUT2D eigenvalue weighted by molar-refractivity contribution is 0.181. The molecule has 2 amide bonds. The Kier molecular flexibility index (Phi) is 9.39. The zero-order valence-electron chi connectivity index (χ0n) is 19.0. The number of benzene rings is 2. The fourth-order valence-electron chi connectivity index (χ4n) is 4.03. The third kappa shape index (κ3) is 8.24. The fraction of sp³-hybridized carbons (Fsp3) is 0.462. The lowest BCUT2D eigenvalue weighted by Gasteiger charge is -2.30. The van der Waals surface area contributed by atoms with Gasteiger partial charge in [0.15, 0.2) is 0 Å². The molecule has 1 aliphatic rings. The Balaban J connectivity index is 1.34. The Bertz CT molecular complexity index is 891. The molecule has 32 heavy (non-hydrogen) atoms. The molecular weight excluding hydrogens is 400 g/mol. The number of hydrogen-bond donors (Lipinski definition) is 2. The topological polar surface area (TPSA) is 77.4 Å². The number of unbranched alkanes of at least 4 members (excludes halogenated alkanes) is 1. The van der Waals surface area contributed by atoms with Crippen LogP contribution in [0, 0.1) is 17.2 Å². The summed E-state index contributed by atoms with van der Waals surface area (Å²) < 4.78 is 5.82. The second kappa shape index (κ2) is 12.7. The van der Waals surface area contributed by atoms with E-state index in [0.717, 1.165) is 47.9 Å². The smallest absolute Gasteiger partial charge is 0.319 e. The molecule has 1 atom stereocenters. The highest BCUT2D eigenvalue weighted by atomic mass is 16.5. The number of piperidine rings is 1. The van der Waals surface area contributed by atoms with Crippen LogP contribution in [0.5, 0.6) is 5.75 Å². The Morgan fingerprint density at radius 3 is 2.81 bits per heavy atom. The van der Waals surface area contributed by atoms with Gasteiger partial charge in [-0.3, -0.25) is 0 Å². The summed E-state index contributed by atoms with van der Waals surface area (Å²) in [6.07, 6.45) is 5.15. The molecular formula is C26H34N4O2. The van der Waals surface area contributed by atoms with Crippen LogP contribution in [-0.2, 0) is 13.0 Å². The number of ether oxygens (including phenoxy) is 1. The van der Waals surface area contributed by atoms with Gasteiger partial charge >= 0.3 is 6.03 Å². The van der Waals surface area contributed by atoms with E-state index in [1.807, 2.05) is 48.5 Å². The van der Waals surface area contributed by atoms with E-state index in [1.54, 1.807) is 0 Å². The van der Waals surface area contributed by atoms with E-state index in [4.69, 9.17) is 10.00 Å². The number of nitrogens with one attached hydrogen (secondary N) is 2. The lowest BCUT2D eigenvalue weighted by Crippen LogP contribution is -2.35. The standard InChI is InChI=1S/C26H34N4O2/c1-21-6-5-17-30(19-21)16-3-2-15-28-26(31)29-24-8-4-7-23(18-24)20-32-25-11-9-22(10-12-25)13-14-27/h4,7-12,18,21H,2-3,5-6,13,15-17,19-20H2,1H3,(H2,28,29,31). The molecule has 2 aromatic rings. The number of anilines is 1. The summed E-state index contributed by atoms with van der Waals surface area (Å²) in [5.41, 5.74) is 2.69. The van der Waals surface area contributed by atoms with Gasteiger partial charge in [0, 0.05) is 18.8 Å². The van der Waals surface area contributed by atoms with E-state index in [0.29, 0.717) is 19.6 Å². The Labute approximate surface area is 191 Å². The first kappa shape index (κ1) is 23.6. The third-order valence-electron chi connectivity index (χ3n) is 5.72. The van der Waals surface area contributed by atoms with Gasteiger partial charge in [-0.2, -0.15) is 5.26 Å². The van der Waals surface area contributed by atoms with Crippen LogP contribution in [0.3, 0.4) is 0 Å². The highest BCUT2D eigenvalue weighted by Gasteiger charge is 2.15. The van der Waals surface area contributed by atoms with Crippen LogP contribution >= 0.6 is 0 Å². The highest BCUT2D eigenvalue weighted by Crippen LogP contribution is 2.17. The van der Waals surface area contributed by atoms with Gasteiger partial charge in [-0.25, -0.2) is 4.79 Å². The average Bonchev–Trinajstić information content (AvgIpc) is 2.79. The third-order valence-corrected chi connectivity index (χ3v) is 5.72. The summed E-state index contributed by atoms with van der Waals surface area (Å²) in [7, 11) is 0. The van der Waals surface area contributed by atoms with E-state index >= 15 is 0 Å². The normalized spacial score (nSPS) is 16.2. The van der Waals surface area contributed by atoms with Crippen molar-refractivity contribution in [3.8, 4) is 11.8 Å². The van der Waals surface area contributed by atoms with E-state index in [2.05, 4.69) is 28.5 Å². The molecule has 0 spiro atoms. The molecule has 3 rings (SSSR count). The molecule has 0 bridgehead atoms. The monoisotopic (exact) mass is 434 g/mol. The molecule has 170 valence electrons. The van der Waals surface area contributed by atoms with Crippen molar-refractivity contribution in [2.75, 3.05) is 31.5 Å². The molecule has 6 heteroatoms. The molecule has 6 nitrogen and oxygen atoms in total. The fourth-order valence-corrected chi connectivity index (χ4v) is 4.03. The van der Waals surface area contributed by atoms with Crippen LogP contribution in [-0.4, -0.2) is 37.1 Å². The molecule has 1 unspecified atom stereocenters. The van der Waals surface area contributed by atoms with Crippen molar-refractivity contribution in [3.05, 3.63) is 59.7 Å². The minimum absolute atomic E-state index is 0.178. The summed E-state index contributed by atoms with van der Waals surface area (Å²) in [6.45, 7) is 6.96. The zero-order chi connectivity index (χ0) is 22.6. The average molecular weight is 435 g/mol. The van der Waals surface area contributed by atoms with Crippen LogP contribution in [0.4, 0.5) is 10.5 Å². The number of likely N-dealkylation sites (tertiary alicyclic amines) is 1. The van der Waals surface area contributed by atoms with Crippen molar-refractivity contribution in [2.24, 2.45) is 5.92 Å². The van der Waals surface area contributed by atoms with Crippen molar-refractivity contribution in [1.29, 1.82) is 5.26 Å². The minimum atomic E-state index is -0.178. The van der Waals surface area contributed by atoms with Crippen LogP contribution in [0.25, 0.3) is 0 Å². The molecule has 0 radical (unpaired) electrons. The van der Waals surface area contributed by atoms with Crippen molar-refractivity contribution >= 4 is 11.7 Å². The summed E-state index contributed by atoms with van der Waals surface area (Å²) in [5.74, 6) is 1.56. The quantitative estimate of drug-likeness (QED) is 0.518. The number of carbonyl (C=O) groups excluding carboxylic acids is 1.